The molecule has 1 aromatic carbocycles. The summed E-state index contributed by atoms with van der Waals surface area (Å²) in [6, 6.07) is 3.54. The van der Waals surface area contributed by atoms with E-state index < -0.39 is 0 Å². The normalized spacial score (nSPS) is 15.4. The Hall–Kier alpha value is -0.300. The molecule has 7 heteroatoms. The van der Waals surface area contributed by atoms with Crippen LogP contribution in [0.4, 0.5) is 0 Å². The summed E-state index contributed by atoms with van der Waals surface area (Å²) in [5.41, 5.74) is 0. The van der Waals surface area contributed by atoms with E-state index in [1.807, 2.05) is 6.07 Å². The molecular weight excluding hydrogens is 401 g/mol. The van der Waals surface area contributed by atoms with Gasteiger partial charge in [0.2, 0.25) is 0 Å². The summed E-state index contributed by atoms with van der Waals surface area (Å²) >= 11 is 12.8. The van der Waals surface area contributed by atoms with Gasteiger partial charge in [-0.05, 0) is 28.1 Å². The monoisotopic (exact) mass is 411 g/mol. The number of ether oxygens (including phenoxy) is 2. The molecule has 0 aromatic heterocycles. The molecule has 0 bridgehead atoms. The molecule has 104 valence electrons. The maximum absolute atomic E-state index is 11.9. The van der Waals surface area contributed by atoms with Crippen LogP contribution in [0.3, 0.4) is 0 Å². The van der Waals surface area contributed by atoms with E-state index in [0.717, 1.165) is 4.47 Å². The summed E-state index contributed by atoms with van der Waals surface area (Å²) < 4.78 is 12.3. The van der Waals surface area contributed by atoms with Gasteiger partial charge in [-0.1, -0.05) is 27.5 Å². The van der Waals surface area contributed by atoms with E-state index >= 15 is 0 Å². The second-order valence-electron chi connectivity index (χ2n) is 3.98. The minimum absolute atomic E-state index is 0.0278. The van der Waals surface area contributed by atoms with Crippen molar-refractivity contribution >= 4 is 49.4 Å². The molecule has 1 fully saturated rings. The Morgan fingerprint density at radius 2 is 2.05 bits per heavy atom. The highest BCUT2D eigenvalue weighted by Gasteiger charge is 2.18. The Balaban J connectivity index is 1.96. The summed E-state index contributed by atoms with van der Waals surface area (Å²) in [5, 5.41) is 0.455. The minimum Gasteiger partial charge on any atom is -0.481 e. The molecule has 4 nitrogen and oxygen atoms in total. The second kappa shape index (κ2) is 6.92. The van der Waals surface area contributed by atoms with E-state index in [9.17, 15) is 4.79 Å². The predicted octanol–water partition coefficient (Wildman–Crippen LogP) is 3.10. The third kappa shape index (κ3) is 4.08. The van der Waals surface area contributed by atoms with Crippen LogP contribution in [0.25, 0.3) is 0 Å². The highest BCUT2D eigenvalue weighted by molar-refractivity contribution is 9.11. The minimum atomic E-state index is -0.0609. The quantitative estimate of drug-likeness (QED) is 0.765. The van der Waals surface area contributed by atoms with Crippen molar-refractivity contribution < 1.29 is 14.3 Å². The molecule has 1 saturated heterocycles. The molecule has 0 atom stereocenters. The topological polar surface area (TPSA) is 38.8 Å². The van der Waals surface area contributed by atoms with Crippen LogP contribution in [0.1, 0.15) is 0 Å². The molecule has 2 rings (SSSR count). The largest absolute Gasteiger partial charge is 0.481 e. The van der Waals surface area contributed by atoms with Gasteiger partial charge in [-0.3, -0.25) is 4.79 Å². The highest BCUT2D eigenvalue weighted by atomic mass is 79.9. The third-order valence-electron chi connectivity index (χ3n) is 2.67. The van der Waals surface area contributed by atoms with Gasteiger partial charge in [-0.2, -0.15) is 0 Å². The van der Waals surface area contributed by atoms with Crippen molar-refractivity contribution in [3.63, 3.8) is 0 Å². The van der Waals surface area contributed by atoms with Crippen molar-refractivity contribution in [3.8, 4) is 5.75 Å². The lowest BCUT2D eigenvalue weighted by Gasteiger charge is -2.26. The third-order valence-corrected chi connectivity index (χ3v) is 3.99. The highest BCUT2D eigenvalue weighted by Crippen LogP contribution is 2.36. The lowest BCUT2D eigenvalue weighted by molar-refractivity contribution is -0.137. The van der Waals surface area contributed by atoms with Crippen molar-refractivity contribution in [2.75, 3.05) is 32.9 Å². The average Bonchev–Trinajstić information content (AvgIpc) is 2.38. The first-order valence-electron chi connectivity index (χ1n) is 5.71. The number of halogens is 3. The number of hydrogen-bond donors (Lipinski definition) is 0. The molecule has 0 aliphatic carbocycles. The second-order valence-corrected chi connectivity index (χ2v) is 6.16. The Kier molecular flexibility index (Phi) is 5.50. The number of morpholine rings is 1. The average molecular weight is 413 g/mol. The number of nitrogens with zero attached hydrogens (tertiary/aromatic N) is 1. The molecule has 0 saturated carbocycles. The first kappa shape index (κ1) is 15.1. The van der Waals surface area contributed by atoms with Crippen molar-refractivity contribution in [1.29, 1.82) is 0 Å². The van der Waals surface area contributed by atoms with Gasteiger partial charge in [-0.15, -0.1) is 0 Å². The number of carbonyl (C=O) groups is 1. The van der Waals surface area contributed by atoms with E-state index in [2.05, 4.69) is 31.9 Å². The van der Waals surface area contributed by atoms with Gasteiger partial charge in [0.25, 0.3) is 5.91 Å². The van der Waals surface area contributed by atoms with E-state index in [4.69, 9.17) is 21.1 Å². The van der Waals surface area contributed by atoms with Gasteiger partial charge in [0.15, 0.2) is 12.4 Å². The Morgan fingerprint density at radius 3 is 2.68 bits per heavy atom. The maximum Gasteiger partial charge on any atom is 0.260 e. The summed E-state index contributed by atoms with van der Waals surface area (Å²) in [6.07, 6.45) is 0. The van der Waals surface area contributed by atoms with Gasteiger partial charge in [-0.25, -0.2) is 0 Å². The molecule has 1 aromatic rings. The van der Waals surface area contributed by atoms with Gasteiger partial charge < -0.3 is 14.4 Å². The van der Waals surface area contributed by atoms with Crippen LogP contribution in [-0.2, 0) is 9.53 Å². The van der Waals surface area contributed by atoms with Crippen LogP contribution in [-0.4, -0.2) is 43.7 Å². The molecule has 1 aliphatic heterocycles. The SMILES string of the molecule is O=C(COc1c(Cl)cc(Br)cc1Br)N1CCOCC1. The molecule has 19 heavy (non-hydrogen) atoms. The first-order valence-corrected chi connectivity index (χ1v) is 7.67. The molecule has 0 unspecified atom stereocenters. The number of carbonyl (C=O) groups excluding carboxylic acids is 1. The van der Waals surface area contributed by atoms with Crippen molar-refractivity contribution in [1.82, 2.24) is 4.90 Å². The van der Waals surface area contributed by atoms with E-state index in [1.54, 1.807) is 11.0 Å². The zero-order valence-corrected chi connectivity index (χ0v) is 13.9. The Labute approximate surface area is 133 Å². The molecule has 0 radical (unpaired) electrons. The van der Waals surface area contributed by atoms with Crippen molar-refractivity contribution in [2.24, 2.45) is 0 Å². The lowest BCUT2D eigenvalue weighted by atomic mass is 10.3. The van der Waals surface area contributed by atoms with Gasteiger partial charge >= 0.3 is 0 Å². The number of hydrogen-bond acceptors (Lipinski definition) is 3. The Bertz CT molecular complexity index is 455. The van der Waals surface area contributed by atoms with Gasteiger partial charge in [0.05, 0.1) is 22.7 Å². The molecular formula is C12H12Br2ClNO3. The van der Waals surface area contributed by atoms with Gasteiger partial charge in [0.1, 0.15) is 0 Å². The fourth-order valence-electron chi connectivity index (χ4n) is 1.70. The summed E-state index contributed by atoms with van der Waals surface area (Å²) in [5.74, 6) is 0.417. The Morgan fingerprint density at radius 1 is 1.37 bits per heavy atom. The zero-order valence-electron chi connectivity index (χ0n) is 10.00. The molecule has 1 aliphatic rings. The lowest BCUT2D eigenvalue weighted by Crippen LogP contribution is -2.43. The van der Waals surface area contributed by atoms with Crippen LogP contribution in [0, 0.1) is 0 Å². The van der Waals surface area contributed by atoms with Crippen LogP contribution in [0.5, 0.6) is 5.75 Å². The first-order chi connectivity index (χ1) is 9.08. The summed E-state index contributed by atoms with van der Waals surface area (Å²) in [4.78, 5) is 13.7. The fourth-order valence-corrected chi connectivity index (χ4v) is 3.56. The van der Waals surface area contributed by atoms with Crippen molar-refractivity contribution in [2.45, 2.75) is 0 Å². The maximum atomic E-state index is 11.9. The molecule has 0 spiro atoms. The van der Waals surface area contributed by atoms with E-state index in [1.165, 1.54) is 0 Å². The summed E-state index contributed by atoms with van der Waals surface area (Å²) in [6.45, 7) is 2.35. The fraction of sp³-hybridized carbons (Fsp3) is 0.417. The smallest absolute Gasteiger partial charge is 0.260 e. The molecule has 0 N–H and O–H groups in total. The van der Waals surface area contributed by atoms with E-state index in [0.29, 0.717) is 41.5 Å². The zero-order chi connectivity index (χ0) is 13.8. The van der Waals surface area contributed by atoms with Gasteiger partial charge in [0, 0.05) is 17.6 Å². The standard InChI is InChI=1S/C12H12Br2ClNO3/c13-8-5-9(14)12(10(15)6-8)19-7-11(17)16-1-3-18-4-2-16/h5-6H,1-4,7H2. The van der Waals surface area contributed by atoms with E-state index in [-0.39, 0.29) is 12.5 Å². The van der Waals surface area contributed by atoms with Crippen LogP contribution in [0.2, 0.25) is 5.02 Å². The predicted molar refractivity (Wildman–Crippen MR) is 79.7 cm³/mol. The molecule has 1 amide bonds. The number of benzene rings is 1. The van der Waals surface area contributed by atoms with Crippen LogP contribution >= 0.6 is 43.5 Å². The van der Waals surface area contributed by atoms with Crippen LogP contribution in [0.15, 0.2) is 21.1 Å². The van der Waals surface area contributed by atoms with Crippen LogP contribution < -0.4 is 4.74 Å². The number of rotatable bonds is 3. The summed E-state index contributed by atoms with van der Waals surface area (Å²) in [7, 11) is 0. The number of amides is 1. The van der Waals surface area contributed by atoms with Crippen molar-refractivity contribution in [3.05, 3.63) is 26.1 Å². The molecule has 1 heterocycles.